The number of hydrogen-bond acceptors (Lipinski definition) is 4. The standard InChI is InChI=1S/C10H12O2.CH2O3.H6OSi2/c1-3-4-8-5-6-9(11)10(7-8)12-2;2-1(3)4;2-1-3/h3,5-7,11H,1,4H2,2H3;(H2,2,3,4);2-3H3. The molecule has 1 rings (SSSR count). The van der Waals surface area contributed by atoms with Crippen molar-refractivity contribution in [3.63, 3.8) is 0 Å². The predicted octanol–water partition coefficient (Wildman–Crippen LogP) is -0.0845. The number of ether oxygens (including phenoxy) is 1. The third kappa shape index (κ3) is 12.5. The molecule has 0 saturated carbocycles. The molecular formula is C11H20O6Si2. The summed E-state index contributed by atoms with van der Waals surface area (Å²) in [5, 5.41) is 23.2. The van der Waals surface area contributed by atoms with Crippen molar-refractivity contribution < 1.29 is 29.0 Å². The molecule has 1 aromatic rings. The maximum absolute atomic E-state index is 9.25. The fourth-order valence-electron chi connectivity index (χ4n) is 1.02. The van der Waals surface area contributed by atoms with Crippen molar-refractivity contribution in [2.24, 2.45) is 0 Å². The van der Waals surface area contributed by atoms with Gasteiger partial charge in [0.15, 0.2) is 11.5 Å². The van der Waals surface area contributed by atoms with E-state index in [9.17, 15) is 5.11 Å². The predicted molar refractivity (Wildman–Crippen MR) is 80.2 cm³/mol. The van der Waals surface area contributed by atoms with Gasteiger partial charge in [0.1, 0.15) is 21.0 Å². The molecule has 0 aromatic heterocycles. The minimum absolute atomic E-state index is 0.172. The summed E-state index contributed by atoms with van der Waals surface area (Å²) in [4.78, 5) is 8.56. The monoisotopic (exact) mass is 304 g/mol. The molecule has 19 heavy (non-hydrogen) atoms. The van der Waals surface area contributed by atoms with E-state index < -0.39 is 6.16 Å². The Balaban J connectivity index is 0. The molecule has 0 aliphatic rings. The van der Waals surface area contributed by atoms with Crippen molar-refractivity contribution in [2.75, 3.05) is 7.11 Å². The summed E-state index contributed by atoms with van der Waals surface area (Å²) in [5.74, 6) is 0.680. The number of hydrogen-bond donors (Lipinski definition) is 3. The van der Waals surface area contributed by atoms with E-state index in [1.165, 1.54) is 7.11 Å². The van der Waals surface area contributed by atoms with Gasteiger partial charge in [-0.2, -0.15) is 0 Å². The third-order valence-corrected chi connectivity index (χ3v) is 1.62. The smallest absolute Gasteiger partial charge is 0.503 e. The lowest BCUT2D eigenvalue weighted by atomic mass is 10.1. The molecule has 0 heterocycles. The molecule has 1 aromatic carbocycles. The van der Waals surface area contributed by atoms with Crippen LogP contribution in [0.25, 0.3) is 0 Å². The average Bonchev–Trinajstić information content (AvgIpc) is 2.32. The Hall–Kier alpha value is -1.78. The number of carboxylic acid groups (broad SMARTS) is 2. The minimum atomic E-state index is -1.83. The summed E-state index contributed by atoms with van der Waals surface area (Å²) in [6, 6.07) is 5.27. The van der Waals surface area contributed by atoms with Crippen LogP contribution in [-0.4, -0.2) is 49.6 Å². The number of rotatable bonds is 3. The zero-order valence-electron chi connectivity index (χ0n) is 11.3. The van der Waals surface area contributed by atoms with E-state index in [4.69, 9.17) is 19.7 Å². The highest BCUT2D eigenvalue weighted by Gasteiger charge is 2.00. The highest BCUT2D eigenvalue weighted by atomic mass is 28.3. The van der Waals surface area contributed by atoms with Crippen LogP contribution in [0.5, 0.6) is 11.5 Å². The van der Waals surface area contributed by atoms with E-state index in [1.807, 2.05) is 12.1 Å². The maximum Gasteiger partial charge on any atom is 0.503 e. The summed E-state index contributed by atoms with van der Waals surface area (Å²) >= 11 is 0. The lowest BCUT2D eigenvalue weighted by Gasteiger charge is -2.04. The lowest BCUT2D eigenvalue weighted by molar-refractivity contribution is 0.137. The highest BCUT2D eigenvalue weighted by Crippen LogP contribution is 2.26. The number of phenolic OH excluding ortho intramolecular Hbond substituents is 1. The molecule has 6 nitrogen and oxygen atoms in total. The SMILES string of the molecule is C=CCc1ccc(O)c(OC)c1.O=C(O)O.[SiH3]O[SiH3]. The summed E-state index contributed by atoms with van der Waals surface area (Å²) in [6.45, 7) is 3.63. The molecule has 0 amide bonds. The van der Waals surface area contributed by atoms with E-state index in [2.05, 4.69) is 10.7 Å². The first-order chi connectivity index (χ1) is 8.92. The molecule has 3 N–H and O–H groups in total. The van der Waals surface area contributed by atoms with Crippen molar-refractivity contribution in [3.8, 4) is 11.5 Å². The summed E-state index contributed by atoms with van der Waals surface area (Å²) in [7, 11) is 3.40. The molecule has 0 atom stereocenters. The topological polar surface area (TPSA) is 96.2 Å². The molecular weight excluding hydrogens is 284 g/mol. The largest absolute Gasteiger partial charge is 0.504 e. The summed E-state index contributed by atoms with van der Waals surface area (Å²) in [5.41, 5.74) is 1.08. The van der Waals surface area contributed by atoms with Gasteiger partial charge in [-0.1, -0.05) is 12.1 Å². The fraction of sp³-hybridized carbons (Fsp3) is 0.182. The van der Waals surface area contributed by atoms with Gasteiger partial charge in [0.2, 0.25) is 0 Å². The maximum atomic E-state index is 9.25. The number of methoxy groups -OCH3 is 1. The molecule has 0 spiro atoms. The van der Waals surface area contributed by atoms with Crippen LogP contribution < -0.4 is 4.74 Å². The number of aromatic hydroxyl groups is 1. The van der Waals surface area contributed by atoms with Gasteiger partial charge < -0.3 is 24.2 Å². The zero-order chi connectivity index (χ0) is 15.3. The van der Waals surface area contributed by atoms with Gasteiger partial charge in [0, 0.05) is 0 Å². The van der Waals surface area contributed by atoms with Gasteiger partial charge in [-0.05, 0) is 24.1 Å². The van der Waals surface area contributed by atoms with E-state index >= 15 is 0 Å². The van der Waals surface area contributed by atoms with Gasteiger partial charge in [0.05, 0.1) is 7.11 Å². The summed E-state index contributed by atoms with van der Waals surface area (Å²) < 4.78 is 9.48. The second kappa shape index (κ2) is 12.7. The Morgan fingerprint density at radius 2 is 1.89 bits per heavy atom. The molecule has 0 radical (unpaired) electrons. The molecule has 108 valence electrons. The van der Waals surface area contributed by atoms with Crippen LogP contribution in [0.1, 0.15) is 5.56 Å². The molecule has 0 aliphatic carbocycles. The normalized spacial score (nSPS) is 8.47. The Kier molecular flexibility index (Phi) is 13.0. The number of benzene rings is 1. The first-order valence-corrected chi connectivity index (χ1v) is 6.84. The van der Waals surface area contributed by atoms with E-state index in [-0.39, 0.29) is 5.75 Å². The van der Waals surface area contributed by atoms with Gasteiger partial charge in [0.25, 0.3) is 0 Å². The average molecular weight is 304 g/mol. The van der Waals surface area contributed by atoms with Crippen LogP contribution in [0.15, 0.2) is 30.9 Å². The van der Waals surface area contributed by atoms with Crippen LogP contribution in [0.3, 0.4) is 0 Å². The highest BCUT2D eigenvalue weighted by molar-refractivity contribution is 6.15. The molecule has 8 heteroatoms. The molecule has 0 unspecified atom stereocenters. The molecule has 0 bridgehead atoms. The lowest BCUT2D eigenvalue weighted by Crippen LogP contribution is -1.86. The van der Waals surface area contributed by atoms with Crippen LogP contribution in [-0.2, 0) is 10.5 Å². The fourth-order valence-corrected chi connectivity index (χ4v) is 1.02. The molecule has 0 fully saturated rings. The Bertz CT molecular complexity index is 379. The second-order valence-electron chi connectivity index (χ2n) is 3.19. The van der Waals surface area contributed by atoms with Gasteiger partial charge in [-0.3, -0.25) is 0 Å². The first kappa shape index (κ1) is 19.6. The number of phenols is 1. The minimum Gasteiger partial charge on any atom is -0.504 e. The van der Waals surface area contributed by atoms with Crippen molar-refractivity contribution in [2.45, 2.75) is 6.42 Å². The van der Waals surface area contributed by atoms with Crippen LogP contribution in [0.4, 0.5) is 4.79 Å². The van der Waals surface area contributed by atoms with E-state index in [0.29, 0.717) is 5.75 Å². The van der Waals surface area contributed by atoms with E-state index in [1.54, 1.807) is 12.1 Å². The first-order valence-electron chi connectivity index (χ1n) is 5.21. The van der Waals surface area contributed by atoms with Crippen molar-refractivity contribution in [3.05, 3.63) is 36.4 Å². The molecule has 0 aliphatic heterocycles. The quantitative estimate of drug-likeness (QED) is 0.534. The number of carbonyl (C=O) groups is 1. The van der Waals surface area contributed by atoms with Gasteiger partial charge in [-0.25, -0.2) is 4.79 Å². The third-order valence-electron chi connectivity index (χ3n) is 1.62. The zero-order valence-corrected chi connectivity index (χ0v) is 15.3. The van der Waals surface area contributed by atoms with Gasteiger partial charge in [-0.15, -0.1) is 6.58 Å². The number of allylic oxidation sites excluding steroid dienone is 1. The van der Waals surface area contributed by atoms with Crippen molar-refractivity contribution in [1.82, 2.24) is 0 Å². The Morgan fingerprint density at radius 3 is 2.26 bits per heavy atom. The van der Waals surface area contributed by atoms with Gasteiger partial charge >= 0.3 is 6.16 Å². The van der Waals surface area contributed by atoms with Crippen molar-refractivity contribution >= 4 is 27.1 Å². The Morgan fingerprint density at radius 1 is 1.42 bits per heavy atom. The van der Waals surface area contributed by atoms with Crippen LogP contribution >= 0.6 is 0 Å². The van der Waals surface area contributed by atoms with Crippen LogP contribution in [0, 0.1) is 0 Å². The van der Waals surface area contributed by atoms with Crippen molar-refractivity contribution in [1.29, 1.82) is 0 Å². The molecule has 0 saturated heterocycles. The van der Waals surface area contributed by atoms with E-state index in [0.717, 1.165) is 33.0 Å². The summed E-state index contributed by atoms with van der Waals surface area (Å²) in [6.07, 6.45) is 0.766. The second-order valence-corrected chi connectivity index (χ2v) is 6.46. The van der Waals surface area contributed by atoms with Crippen LogP contribution in [0.2, 0.25) is 0 Å². The Labute approximate surface area is 118 Å².